The van der Waals surface area contributed by atoms with Crippen molar-refractivity contribution in [2.24, 2.45) is 5.73 Å². The van der Waals surface area contributed by atoms with Crippen molar-refractivity contribution >= 4 is 28.3 Å². The molecule has 2 aliphatic rings. The molecule has 3 rings (SSSR count). The molecule has 2 saturated heterocycles. The summed E-state index contributed by atoms with van der Waals surface area (Å²) in [5.74, 6) is -0.151. The van der Waals surface area contributed by atoms with Gasteiger partial charge in [0.1, 0.15) is 5.82 Å². The molecule has 0 spiro atoms. The number of nitrogens with zero attached hydrogens (tertiary/aromatic N) is 1. The highest BCUT2D eigenvalue weighted by molar-refractivity contribution is 14.1. The zero-order valence-corrected chi connectivity index (χ0v) is 12.4. The lowest BCUT2D eigenvalue weighted by molar-refractivity contribution is 0.271. The molecule has 2 nitrogen and oxygen atoms in total. The molecule has 2 heterocycles. The van der Waals surface area contributed by atoms with E-state index >= 15 is 0 Å². The third-order valence-electron chi connectivity index (χ3n) is 4.20. The predicted molar refractivity (Wildman–Crippen MR) is 80.2 cm³/mol. The van der Waals surface area contributed by atoms with Crippen molar-refractivity contribution in [3.63, 3.8) is 0 Å². The van der Waals surface area contributed by atoms with Gasteiger partial charge in [-0.1, -0.05) is 0 Å². The number of halogens is 2. The number of benzene rings is 1. The van der Waals surface area contributed by atoms with Crippen molar-refractivity contribution in [2.45, 2.75) is 50.2 Å². The average Bonchev–Trinajstić information content (AvgIpc) is 2.28. The molecule has 1 aromatic carbocycles. The second-order valence-electron chi connectivity index (χ2n) is 5.47. The van der Waals surface area contributed by atoms with Gasteiger partial charge >= 0.3 is 0 Å². The predicted octanol–water partition coefficient (Wildman–Crippen LogP) is 3.28. The minimum atomic E-state index is -0.151. The van der Waals surface area contributed by atoms with Crippen LogP contribution in [-0.4, -0.2) is 18.1 Å². The van der Waals surface area contributed by atoms with E-state index in [0.717, 1.165) is 16.4 Å². The normalized spacial score (nSPS) is 31.5. The van der Waals surface area contributed by atoms with Crippen LogP contribution in [-0.2, 0) is 0 Å². The van der Waals surface area contributed by atoms with Gasteiger partial charge in [-0.25, -0.2) is 4.39 Å². The first-order valence-corrected chi connectivity index (χ1v) is 7.72. The summed E-state index contributed by atoms with van der Waals surface area (Å²) in [6.07, 6.45) is 5.89. The van der Waals surface area contributed by atoms with Gasteiger partial charge in [0.15, 0.2) is 0 Å². The fourth-order valence-corrected chi connectivity index (χ4v) is 4.26. The van der Waals surface area contributed by atoms with Gasteiger partial charge < -0.3 is 10.6 Å². The lowest BCUT2D eigenvalue weighted by Gasteiger charge is -2.50. The van der Waals surface area contributed by atoms with Crippen LogP contribution in [0, 0.1) is 9.39 Å². The quantitative estimate of drug-likeness (QED) is 0.779. The molecule has 0 amide bonds. The van der Waals surface area contributed by atoms with E-state index in [4.69, 9.17) is 5.73 Å². The van der Waals surface area contributed by atoms with Crippen molar-refractivity contribution in [2.75, 3.05) is 4.90 Å². The van der Waals surface area contributed by atoms with Crippen molar-refractivity contribution < 1.29 is 4.39 Å². The number of nitrogens with two attached hydrogens (primary N) is 1. The average molecular weight is 360 g/mol. The van der Waals surface area contributed by atoms with E-state index in [-0.39, 0.29) is 5.82 Å². The van der Waals surface area contributed by atoms with Gasteiger partial charge in [-0.2, -0.15) is 0 Å². The molecule has 2 fully saturated rings. The number of fused-ring (bicyclic) bond motifs is 2. The van der Waals surface area contributed by atoms with Crippen LogP contribution >= 0.6 is 22.6 Å². The summed E-state index contributed by atoms with van der Waals surface area (Å²) >= 11 is 2.24. The highest BCUT2D eigenvalue weighted by Gasteiger charge is 2.37. The summed E-state index contributed by atoms with van der Waals surface area (Å²) in [4.78, 5) is 2.51. The molecule has 4 heteroatoms. The Morgan fingerprint density at radius 2 is 1.89 bits per heavy atom. The van der Waals surface area contributed by atoms with Crippen molar-refractivity contribution in [1.82, 2.24) is 0 Å². The second-order valence-corrected chi connectivity index (χ2v) is 6.64. The molecule has 0 radical (unpaired) electrons. The summed E-state index contributed by atoms with van der Waals surface area (Å²) < 4.78 is 14.2. The number of anilines is 1. The van der Waals surface area contributed by atoms with Crippen LogP contribution in [0.15, 0.2) is 18.2 Å². The SMILES string of the molecule is NC1CC2CCCC(C1)N2c1ccc(F)cc1I. The standard InChI is InChI=1S/C14H18FIN2/c15-9-4-5-14(13(16)6-9)18-11-2-1-3-12(18)8-10(17)7-11/h4-6,10-12H,1-3,7-8,17H2. The Kier molecular flexibility index (Phi) is 3.49. The van der Waals surface area contributed by atoms with Crippen LogP contribution in [0.2, 0.25) is 0 Å². The van der Waals surface area contributed by atoms with Crippen molar-refractivity contribution in [3.05, 3.63) is 27.6 Å². The maximum atomic E-state index is 13.2. The third-order valence-corrected chi connectivity index (χ3v) is 5.06. The number of hydrogen-bond donors (Lipinski definition) is 1. The number of piperidine rings is 2. The summed E-state index contributed by atoms with van der Waals surface area (Å²) in [6.45, 7) is 0. The van der Waals surface area contributed by atoms with Crippen LogP contribution in [0.5, 0.6) is 0 Å². The van der Waals surface area contributed by atoms with Crippen LogP contribution in [0.25, 0.3) is 0 Å². The molecule has 2 bridgehead atoms. The smallest absolute Gasteiger partial charge is 0.124 e. The Hall–Kier alpha value is -0.360. The van der Waals surface area contributed by atoms with E-state index in [9.17, 15) is 4.39 Å². The maximum absolute atomic E-state index is 13.2. The lowest BCUT2D eigenvalue weighted by Crippen LogP contribution is -2.55. The molecule has 0 aliphatic carbocycles. The Balaban J connectivity index is 1.95. The van der Waals surface area contributed by atoms with E-state index in [0.29, 0.717) is 18.1 Å². The Morgan fingerprint density at radius 1 is 1.22 bits per heavy atom. The molecular formula is C14H18FIN2. The first kappa shape index (κ1) is 12.7. The molecule has 2 unspecified atom stereocenters. The van der Waals surface area contributed by atoms with E-state index in [1.54, 1.807) is 12.1 Å². The topological polar surface area (TPSA) is 29.3 Å². The minimum absolute atomic E-state index is 0.151. The highest BCUT2D eigenvalue weighted by atomic mass is 127. The van der Waals surface area contributed by atoms with Crippen LogP contribution < -0.4 is 10.6 Å². The van der Waals surface area contributed by atoms with Gasteiger partial charge in [0, 0.05) is 21.7 Å². The minimum Gasteiger partial charge on any atom is -0.365 e. The van der Waals surface area contributed by atoms with Gasteiger partial charge in [0.25, 0.3) is 0 Å². The first-order chi connectivity index (χ1) is 8.65. The number of hydrogen-bond acceptors (Lipinski definition) is 2. The first-order valence-electron chi connectivity index (χ1n) is 6.64. The molecule has 98 valence electrons. The van der Waals surface area contributed by atoms with E-state index in [1.165, 1.54) is 24.9 Å². The molecule has 1 aromatic rings. The number of rotatable bonds is 1. The van der Waals surface area contributed by atoms with Crippen molar-refractivity contribution in [3.8, 4) is 0 Å². The van der Waals surface area contributed by atoms with Crippen LogP contribution in [0.4, 0.5) is 10.1 Å². The summed E-state index contributed by atoms with van der Waals surface area (Å²) in [6, 6.07) is 6.56. The summed E-state index contributed by atoms with van der Waals surface area (Å²) in [7, 11) is 0. The zero-order valence-electron chi connectivity index (χ0n) is 10.3. The second kappa shape index (κ2) is 4.96. The van der Waals surface area contributed by atoms with E-state index in [1.807, 2.05) is 6.07 Å². The molecule has 0 aromatic heterocycles. The Labute approximate surface area is 121 Å². The fraction of sp³-hybridized carbons (Fsp3) is 0.571. The van der Waals surface area contributed by atoms with Gasteiger partial charge in [0.2, 0.25) is 0 Å². The molecule has 0 saturated carbocycles. The molecule has 2 atom stereocenters. The molecular weight excluding hydrogens is 342 g/mol. The van der Waals surface area contributed by atoms with Crippen LogP contribution in [0.1, 0.15) is 32.1 Å². The van der Waals surface area contributed by atoms with E-state index < -0.39 is 0 Å². The van der Waals surface area contributed by atoms with Crippen molar-refractivity contribution in [1.29, 1.82) is 0 Å². The lowest BCUT2D eigenvalue weighted by atomic mass is 9.81. The Morgan fingerprint density at radius 3 is 2.50 bits per heavy atom. The van der Waals surface area contributed by atoms with Gasteiger partial charge in [-0.05, 0) is 72.9 Å². The summed E-state index contributed by atoms with van der Waals surface area (Å²) in [5.41, 5.74) is 7.33. The zero-order chi connectivity index (χ0) is 12.7. The van der Waals surface area contributed by atoms with Crippen LogP contribution in [0.3, 0.4) is 0 Å². The molecule has 18 heavy (non-hydrogen) atoms. The van der Waals surface area contributed by atoms with Gasteiger partial charge in [-0.3, -0.25) is 0 Å². The van der Waals surface area contributed by atoms with E-state index in [2.05, 4.69) is 27.5 Å². The maximum Gasteiger partial charge on any atom is 0.124 e. The largest absolute Gasteiger partial charge is 0.365 e. The summed E-state index contributed by atoms with van der Waals surface area (Å²) in [5, 5.41) is 0. The third kappa shape index (κ3) is 2.25. The highest BCUT2D eigenvalue weighted by Crippen LogP contribution is 2.39. The fourth-order valence-electron chi connectivity index (χ4n) is 3.51. The van der Waals surface area contributed by atoms with Gasteiger partial charge in [0.05, 0.1) is 5.69 Å². The van der Waals surface area contributed by atoms with Gasteiger partial charge in [-0.15, -0.1) is 0 Å². The Bertz CT molecular complexity index is 437. The molecule has 2 N–H and O–H groups in total. The monoisotopic (exact) mass is 360 g/mol. The molecule has 2 aliphatic heterocycles.